The number of H-pyrrole nitrogens is 1. The van der Waals surface area contributed by atoms with Crippen molar-refractivity contribution in [2.75, 3.05) is 26.7 Å². The van der Waals surface area contributed by atoms with Gasteiger partial charge in [-0.2, -0.15) is 10.2 Å². The predicted molar refractivity (Wildman–Crippen MR) is 138 cm³/mol. The summed E-state index contributed by atoms with van der Waals surface area (Å²) in [5.41, 5.74) is 5.92. The molecule has 1 aliphatic heterocycles. The molecule has 8 nitrogen and oxygen atoms in total. The van der Waals surface area contributed by atoms with Gasteiger partial charge in [0, 0.05) is 28.7 Å². The highest BCUT2D eigenvalue weighted by molar-refractivity contribution is 7.15. The zero-order valence-electron chi connectivity index (χ0n) is 20.9. The number of pyridine rings is 1. The number of piperidine rings is 1. The summed E-state index contributed by atoms with van der Waals surface area (Å²) < 4.78 is 7.33. The fourth-order valence-corrected chi connectivity index (χ4v) is 6.65. The van der Waals surface area contributed by atoms with E-state index in [1.165, 1.54) is 67.8 Å². The molecule has 2 aliphatic rings. The van der Waals surface area contributed by atoms with Crippen molar-refractivity contribution in [3.63, 3.8) is 0 Å². The first kappa shape index (κ1) is 22.7. The van der Waals surface area contributed by atoms with Crippen molar-refractivity contribution in [3.8, 4) is 27.7 Å². The molecule has 1 aliphatic carbocycles. The molecule has 6 rings (SSSR count). The minimum absolute atomic E-state index is 0.273. The van der Waals surface area contributed by atoms with E-state index in [1.807, 2.05) is 23.6 Å². The third kappa shape index (κ3) is 4.25. The number of hydrogen-bond donors (Lipinski definition) is 1. The first-order valence-corrected chi connectivity index (χ1v) is 13.5. The van der Waals surface area contributed by atoms with Gasteiger partial charge in [-0.15, -0.1) is 11.3 Å². The maximum absolute atomic E-state index is 5.58. The molecular formula is C26H33N7OS. The largest absolute Gasteiger partial charge is 0.493 e. The van der Waals surface area contributed by atoms with Crippen molar-refractivity contribution >= 4 is 17.0 Å². The van der Waals surface area contributed by atoms with Crippen LogP contribution in [0.2, 0.25) is 0 Å². The second-order valence-electron chi connectivity index (χ2n) is 10.3. The van der Waals surface area contributed by atoms with Gasteiger partial charge in [0.1, 0.15) is 11.3 Å². The Bertz CT molecular complexity index is 1340. The van der Waals surface area contributed by atoms with Crippen LogP contribution < -0.4 is 4.74 Å². The highest BCUT2D eigenvalue weighted by atomic mass is 32.1. The highest BCUT2D eigenvalue weighted by Gasteiger charge is 2.30. The molecule has 0 unspecified atom stereocenters. The Kier molecular flexibility index (Phi) is 5.84. The summed E-state index contributed by atoms with van der Waals surface area (Å²) in [6.07, 6.45) is 8.83. The van der Waals surface area contributed by atoms with Crippen molar-refractivity contribution in [3.05, 3.63) is 34.7 Å². The minimum atomic E-state index is 0.273. The Balaban J connectivity index is 1.31. The molecule has 184 valence electrons. The SMILES string of the molecule is COc1cc(-c2n[nH]c(-c3nc(C)c(C4CCN(CC5CC5)CC4)s3)c2C(C)C)cn2ncnc12. The van der Waals surface area contributed by atoms with E-state index < -0.39 is 0 Å². The van der Waals surface area contributed by atoms with Gasteiger partial charge >= 0.3 is 0 Å². The second kappa shape index (κ2) is 9.02. The van der Waals surface area contributed by atoms with Gasteiger partial charge < -0.3 is 9.64 Å². The van der Waals surface area contributed by atoms with Crippen molar-refractivity contribution in [1.29, 1.82) is 0 Å². The van der Waals surface area contributed by atoms with E-state index >= 15 is 0 Å². The molecule has 2 fully saturated rings. The average Bonchev–Trinajstić information content (AvgIpc) is 3.24. The van der Waals surface area contributed by atoms with Gasteiger partial charge in [-0.3, -0.25) is 5.10 Å². The van der Waals surface area contributed by atoms with Gasteiger partial charge in [-0.1, -0.05) is 13.8 Å². The summed E-state index contributed by atoms with van der Waals surface area (Å²) in [7, 11) is 1.66. The van der Waals surface area contributed by atoms with Gasteiger partial charge in [0.2, 0.25) is 0 Å². The number of nitrogens with zero attached hydrogens (tertiary/aromatic N) is 6. The normalized spacial score (nSPS) is 17.6. The molecule has 0 atom stereocenters. The third-order valence-corrected chi connectivity index (χ3v) is 8.77. The molecule has 1 saturated heterocycles. The van der Waals surface area contributed by atoms with E-state index in [9.17, 15) is 0 Å². The van der Waals surface area contributed by atoms with Crippen LogP contribution in [0.5, 0.6) is 5.75 Å². The van der Waals surface area contributed by atoms with Crippen LogP contribution in [-0.2, 0) is 0 Å². The van der Waals surface area contributed by atoms with Crippen LogP contribution in [0.4, 0.5) is 0 Å². The first-order chi connectivity index (χ1) is 17.0. The number of likely N-dealkylation sites (tertiary alicyclic amines) is 1. The average molecular weight is 492 g/mol. The number of aromatic amines is 1. The number of aryl methyl sites for hydroxylation is 1. The summed E-state index contributed by atoms with van der Waals surface area (Å²) in [5, 5.41) is 13.5. The Morgan fingerprint density at radius 1 is 1.20 bits per heavy atom. The topological polar surface area (TPSA) is 84.2 Å². The number of methoxy groups -OCH3 is 1. The predicted octanol–water partition coefficient (Wildman–Crippen LogP) is 5.27. The molecule has 9 heteroatoms. The maximum Gasteiger partial charge on any atom is 0.197 e. The summed E-state index contributed by atoms with van der Waals surface area (Å²) >= 11 is 1.85. The van der Waals surface area contributed by atoms with Gasteiger partial charge in [0.15, 0.2) is 11.4 Å². The molecule has 1 N–H and O–H groups in total. The van der Waals surface area contributed by atoms with E-state index in [-0.39, 0.29) is 5.92 Å². The molecule has 1 saturated carbocycles. The Morgan fingerprint density at radius 3 is 2.71 bits per heavy atom. The van der Waals surface area contributed by atoms with Gasteiger partial charge in [0.05, 0.1) is 24.2 Å². The number of nitrogens with one attached hydrogen (secondary N) is 1. The van der Waals surface area contributed by atoms with Crippen LogP contribution in [0, 0.1) is 12.8 Å². The molecule has 0 amide bonds. The standard InChI is InChI=1S/C26H33N7OS/c1-15(2)21-22(19-11-20(34-4)25-27-14-28-33(25)13-19)30-31-23(21)26-29-16(3)24(35-26)18-7-9-32(10-8-18)12-17-5-6-17/h11,13-15,17-18H,5-10,12H2,1-4H3,(H,30,31). The number of aromatic nitrogens is 6. The van der Waals surface area contributed by atoms with Crippen molar-refractivity contribution in [2.24, 2.45) is 5.92 Å². The molecule has 4 aromatic rings. The number of thiazole rings is 1. The summed E-state index contributed by atoms with van der Waals surface area (Å²) in [6.45, 7) is 10.3. The summed E-state index contributed by atoms with van der Waals surface area (Å²) in [4.78, 5) is 13.5. The zero-order valence-corrected chi connectivity index (χ0v) is 21.7. The van der Waals surface area contributed by atoms with E-state index in [0.29, 0.717) is 17.3 Å². The first-order valence-electron chi connectivity index (χ1n) is 12.7. The van der Waals surface area contributed by atoms with Crippen LogP contribution in [0.25, 0.3) is 27.6 Å². The quantitative estimate of drug-likeness (QED) is 0.379. The van der Waals surface area contributed by atoms with Crippen LogP contribution in [0.3, 0.4) is 0 Å². The lowest BCUT2D eigenvalue weighted by Gasteiger charge is -2.31. The molecule has 0 spiro atoms. The van der Waals surface area contributed by atoms with Gasteiger partial charge in [-0.05, 0) is 69.5 Å². The monoisotopic (exact) mass is 491 g/mol. The summed E-state index contributed by atoms with van der Waals surface area (Å²) in [6, 6.07) is 1.99. The fraction of sp³-hybridized carbons (Fsp3) is 0.538. The molecule has 4 aromatic heterocycles. The van der Waals surface area contributed by atoms with Gasteiger partial charge in [0.25, 0.3) is 0 Å². The van der Waals surface area contributed by atoms with Crippen molar-refractivity contribution in [2.45, 2.75) is 58.3 Å². The van der Waals surface area contributed by atoms with Crippen molar-refractivity contribution < 1.29 is 4.74 Å². The molecule has 5 heterocycles. The lowest BCUT2D eigenvalue weighted by atomic mass is 9.94. The molecule has 35 heavy (non-hydrogen) atoms. The number of ether oxygens (including phenoxy) is 1. The number of hydrogen-bond acceptors (Lipinski definition) is 7. The molecule has 0 radical (unpaired) electrons. The Morgan fingerprint density at radius 2 is 2.00 bits per heavy atom. The minimum Gasteiger partial charge on any atom is -0.493 e. The van der Waals surface area contributed by atoms with E-state index in [1.54, 1.807) is 11.6 Å². The van der Waals surface area contributed by atoms with Crippen LogP contribution in [0.15, 0.2) is 18.6 Å². The second-order valence-corrected chi connectivity index (χ2v) is 11.4. The summed E-state index contributed by atoms with van der Waals surface area (Å²) in [5.74, 6) is 2.53. The lowest BCUT2D eigenvalue weighted by molar-refractivity contribution is 0.205. The number of fused-ring (bicyclic) bond motifs is 1. The maximum atomic E-state index is 5.58. The van der Waals surface area contributed by atoms with E-state index in [0.717, 1.165) is 27.9 Å². The van der Waals surface area contributed by atoms with Crippen molar-refractivity contribution in [1.82, 2.24) is 34.7 Å². The van der Waals surface area contributed by atoms with E-state index in [4.69, 9.17) is 14.8 Å². The smallest absolute Gasteiger partial charge is 0.197 e. The molecular weight excluding hydrogens is 458 g/mol. The van der Waals surface area contributed by atoms with E-state index in [2.05, 4.69) is 40.9 Å². The fourth-order valence-electron chi connectivity index (χ4n) is 5.41. The highest BCUT2D eigenvalue weighted by Crippen LogP contribution is 2.42. The number of rotatable bonds is 7. The lowest BCUT2D eigenvalue weighted by Crippen LogP contribution is -2.34. The Hall–Kier alpha value is -2.78. The third-order valence-electron chi connectivity index (χ3n) is 7.43. The van der Waals surface area contributed by atoms with Crippen LogP contribution >= 0.6 is 11.3 Å². The zero-order chi connectivity index (χ0) is 24.1. The van der Waals surface area contributed by atoms with Crippen LogP contribution in [0.1, 0.15) is 67.5 Å². The van der Waals surface area contributed by atoms with Gasteiger partial charge in [-0.25, -0.2) is 14.5 Å². The molecule has 0 aromatic carbocycles. The Labute approximate surface area is 209 Å². The van der Waals surface area contributed by atoms with Crippen LogP contribution in [-0.4, -0.2) is 61.4 Å². The molecule has 0 bridgehead atoms.